The molecule has 1 atom stereocenters. The Morgan fingerprint density at radius 1 is 1.45 bits per heavy atom. The number of amides is 2. The smallest absolute Gasteiger partial charge is 0.225 e. The van der Waals surface area contributed by atoms with E-state index in [1.807, 2.05) is 14.1 Å². The lowest BCUT2D eigenvalue weighted by Gasteiger charge is -2.16. The van der Waals surface area contributed by atoms with Gasteiger partial charge in [0, 0.05) is 39.8 Å². The summed E-state index contributed by atoms with van der Waals surface area (Å²) in [6.07, 6.45) is 2.09. The molecule has 0 aromatic heterocycles. The minimum absolute atomic E-state index is 0.00588. The summed E-state index contributed by atoms with van der Waals surface area (Å²) in [7, 11) is 5.67. The Hall–Kier alpha value is -1.14. The minimum Gasteiger partial charge on any atom is -0.385 e. The summed E-state index contributed by atoms with van der Waals surface area (Å²) in [5.41, 5.74) is 0. The lowest BCUT2D eigenvalue weighted by molar-refractivity contribution is -0.129. The van der Waals surface area contributed by atoms with Gasteiger partial charge in [-0.2, -0.15) is 0 Å². The molecule has 1 aliphatic rings. The molecule has 6 nitrogen and oxygen atoms in total. The number of nitrogens with one attached hydrogen (secondary N) is 1. The van der Waals surface area contributed by atoms with Gasteiger partial charge in [0.25, 0.3) is 0 Å². The number of carbonyl (C=O) groups is 2. The molecule has 0 spiro atoms. The molecule has 116 valence electrons. The van der Waals surface area contributed by atoms with Gasteiger partial charge in [-0.3, -0.25) is 9.59 Å². The van der Waals surface area contributed by atoms with E-state index < -0.39 is 0 Å². The van der Waals surface area contributed by atoms with Crippen LogP contribution in [0.25, 0.3) is 0 Å². The summed E-state index contributed by atoms with van der Waals surface area (Å²) in [5, 5.41) is 2.92. The second-order valence-electron chi connectivity index (χ2n) is 5.54. The molecule has 1 N–H and O–H groups in total. The van der Waals surface area contributed by atoms with Gasteiger partial charge < -0.3 is 19.9 Å². The quantitative estimate of drug-likeness (QED) is 0.603. The molecule has 0 aliphatic carbocycles. The van der Waals surface area contributed by atoms with Gasteiger partial charge >= 0.3 is 0 Å². The second kappa shape index (κ2) is 8.92. The van der Waals surface area contributed by atoms with Gasteiger partial charge in [-0.1, -0.05) is 0 Å². The summed E-state index contributed by atoms with van der Waals surface area (Å²) in [6, 6.07) is 0. The van der Waals surface area contributed by atoms with E-state index in [0.29, 0.717) is 32.7 Å². The number of methoxy groups -OCH3 is 1. The zero-order valence-electron chi connectivity index (χ0n) is 12.9. The van der Waals surface area contributed by atoms with Crippen LogP contribution in [0.15, 0.2) is 0 Å². The maximum Gasteiger partial charge on any atom is 0.225 e. The van der Waals surface area contributed by atoms with Gasteiger partial charge in [-0.25, -0.2) is 0 Å². The third kappa shape index (κ3) is 5.88. The average Bonchev–Trinajstić information content (AvgIpc) is 2.76. The third-order valence-corrected chi connectivity index (χ3v) is 3.44. The van der Waals surface area contributed by atoms with E-state index in [-0.39, 0.29) is 17.7 Å². The van der Waals surface area contributed by atoms with Crippen LogP contribution in [0.3, 0.4) is 0 Å². The van der Waals surface area contributed by atoms with Crippen molar-refractivity contribution in [1.29, 1.82) is 0 Å². The monoisotopic (exact) mass is 285 g/mol. The predicted molar refractivity (Wildman–Crippen MR) is 77.4 cm³/mol. The fourth-order valence-corrected chi connectivity index (χ4v) is 2.31. The van der Waals surface area contributed by atoms with Crippen molar-refractivity contribution in [2.45, 2.75) is 19.3 Å². The molecule has 6 heteroatoms. The van der Waals surface area contributed by atoms with Crippen LogP contribution in [0.4, 0.5) is 0 Å². The third-order valence-electron chi connectivity index (χ3n) is 3.44. The summed E-state index contributed by atoms with van der Waals surface area (Å²) in [5.74, 6) is -0.106. The van der Waals surface area contributed by atoms with Gasteiger partial charge in [0.2, 0.25) is 11.8 Å². The fraction of sp³-hybridized carbons (Fsp3) is 0.857. The highest BCUT2D eigenvalue weighted by Crippen LogP contribution is 2.18. The van der Waals surface area contributed by atoms with Crippen molar-refractivity contribution in [1.82, 2.24) is 15.1 Å². The number of ether oxygens (including phenoxy) is 1. The van der Waals surface area contributed by atoms with E-state index in [9.17, 15) is 9.59 Å². The maximum atomic E-state index is 12.0. The molecular weight excluding hydrogens is 258 g/mol. The van der Waals surface area contributed by atoms with Crippen LogP contribution in [-0.2, 0) is 14.3 Å². The number of carbonyl (C=O) groups excluding carboxylic acids is 2. The highest BCUT2D eigenvalue weighted by Gasteiger charge is 2.33. The molecule has 1 saturated heterocycles. The zero-order valence-corrected chi connectivity index (χ0v) is 12.9. The van der Waals surface area contributed by atoms with Crippen molar-refractivity contribution < 1.29 is 14.3 Å². The first-order valence-corrected chi connectivity index (χ1v) is 7.23. The number of rotatable bonds is 9. The Morgan fingerprint density at radius 3 is 2.85 bits per heavy atom. The van der Waals surface area contributed by atoms with Crippen molar-refractivity contribution in [3.8, 4) is 0 Å². The molecule has 0 saturated carbocycles. The highest BCUT2D eigenvalue weighted by molar-refractivity contribution is 5.89. The number of likely N-dealkylation sites (tertiary alicyclic amines) is 1. The standard InChI is InChI=1S/C14H27N3O3/c1-16(2)7-4-6-15-14(19)12-10-13(18)17(11-12)8-5-9-20-3/h12H,4-11H2,1-3H3,(H,15,19). The highest BCUT2D eigenvalue weighted by atomic mass is 16.5. The van der Waals surface area contributed by atoms with Crippen molar-refractivity contribution in [2.24, 2.45) is 5.92 Å². The molecule has 1 heterocycles. The fourth-order valence-electron chi connectivity index (χ4n) is 2.31. The molecule has 0 bridgehead atoms. The van der Waals surface area contributed by atoms with Crippen molar-refractivity contribution in [2.75, 3.05) is 54.0 Å². The SMILES string of the molecule is COCCCN1CC(C(=O)NCCCN(C)C)CC1=O. The van der Waals surface area contributed by atoms with Gasteiger partial charge in [0.1, 0.15) is 0 Å². The first kappa shape index (κ1) is 16.9. The molecule has 0 aromatic rings. The van der Waals surface area contributed by atoms with Crippen LogP contribution in [0.2, 0.25) is 0 Å². The number of hydrogen-bond donors (Lipinski definition) is 1. The number of nitrogens with zero attached hydrogens (tertiary/aromatic N) is 2. The molecule has 20 heavy (non-hydrogen) atoms. The molecule has 1 aliphatic heterocycles. The minimum atomic E-state index is -0.190. The van der Waals surface area contributed by atoms with E-state index in [1.54, 1.807) is 12.0 Å². The Balaban J connectivity index is 2.23. The van der Waals surface area contributed by atoms with Crippen LogP contribution in [0.5, 0.6) is 0 Å². The lowest BCUT2D eigenvalue weighted by Crippen LogP contribution is -2.34. The normalized spacial score (nSPS) is 18.9. The lowest BCUT2D eigenvalue weighted by atomic mass is 10.1. The molecular formula is C14H27N3O3. The molecule has 1 rings (SSSR count). The first-order valence-electron chi connectivity index (χ1n) is 7.23. The summed E-state index contributed by atoms with van der Waals surface area (Å²) >= 11 is 0. The van der Waals surface area contributed by atoms with E-state index in [0.717, 1.165) is 19.4 Å². The molecule has 1 fully saturated rings. The number of hydrogen-bond acceptors (Lipinski definition) is 4. The van der Waals surface area contributed by atoms with E-state index in [1.165, 1.54) is 0 Å². The first-order chi connectivity index (χ1) is 9.54. The van der Waals surface area contributed by atoms with Crippen LogP contribution in [0.1, 0.15) is 19.3 Å². The summed E-state index contributed by atoms with van der Waals surface area (Å²) in [4.78, 5) is 27.6. The van der Waals surface area contributed by atoms with Gasteiger partial charge in [-0.05, 0) is 33.5 Å². The average molecular weight is 285 g/mol. The Bertz CT molecular complexity index is 321. The van der Waals surface area contributed by atoms with Crippen molar-refractivity contribution in [3.63, 3.8) is 0 Å². The Kier molecular flexibility index (Phi) is 7.54. The van der Waals surface area contributed by atoms with Crippen molar-refractivity contribution in [3.05, 3.63) is 0 Å². The summed E-state index contributed by atoms with van der Waals surface area (Å²) < 4.78 is 4.97. The largest absolute Gasteiger partial charge is 0.385 e. The van der Waals surface area contributed by atoms with E-state index in [4.69, 9.17) is 4.74 Å². The Labute approximate surface area is 121 Å². The summed E-state index contributed by atoms with van der Waals surface area (Å²) in [6.45, 7) is 3.49. The molecule has 0 radical (unpaired) electrons. The predicted octanol–water partition coefficient (Wildman–Crippen LogP) is -0.0607. The molecule has 1 unspecified atom stereocenters. The van der Waals surface area contributed by atoms with Crippen LogP contribution in [-0.4, -0.2) is 75.6 Å². The zero-order chi connectivity index (χ0) is 15.0. The topological polar surface area (TPSA) is 61.9 Å². The van der Waals surface area contributed by atoms with Gasteiger partial charge in [0.15, 0.2) is 0 Å². The van der Waals surface area contributed by atoms with Crippen LogP contribution in [0, 0.1) is 5.92 Å². The van der Waals surface area contributed by atoms with Crippen molar-refractivity contribution >= 4 is 11.8 Å². The molecule has 2 amide bonds. The second-order valence-corrected chi connectivity index (χ2v) is 5.54. The van der Waals surface area contributed by atoms with E-state index >= 15 is 0 Å². The molecule has 0 aromatic carbocycles. The van der Waals surface area contributed by atoms with E-state index in [2.05, 4.69) is 10.2 Å². The maximum absolute atomic E-state index is 12.0. The van der Waals surface area contributed by atoms with Crippen LogP contribution >= 0.6 is 0 Å². The van der Waals surface area contributed by atoms with Gasteiger partial charge in [-0.15, -0.1) is 0 Å². The Morgan fingerprint density at radius 2 is 2.20 bits per heavy atom. The van der Waals surface area contributed by atoms with Gasteiger partial charge in [0.05, 0.1) is 5.92 Å². The van der Waals surface area contributed by atoms with Crippen LogP contribution < -0.4 is 5.32 Å².